The molecule has 2 aromatic carbocycles. The predicted molar refractivity (Wildman–Crippen MR) is 127 cm³/mol. The molecule has 0 atom stereocenters. The summed E-state index contributed by atoms with van der Waals surface area (Å²) in [5.74, 6) is 1.64. The van der Waals surface area contributed by atoms with Crippen molar-refractivity contribution in [2.75, 3.05) is 66.1 Å². The summed E-state index contributed by atoms with van der Waals surface area (Å²) in [6.07, 6.45) is 3.60. The zero-order valence-corrected chi connectivity index (χ0v) is 18.7. The first-order valence-corrected chi connectivity index (χ1v) is 10.8. The predicted octanol–water partition coefficient (Wildman–Crippen LogP) is 4.50. The largest absolute Gasteiger partial charge is 0.491 e. The average molecular weight is 443 g/mol. The van der Waals surface area contributed by atoms with Crippen molar-refractivity contribution >= 4 is 12.2 Å². The van der Waals surface area contributed by atoms with E-state index in [1.165, 1.54) is 0 Å². The summed E-state index contributed by atoms with van der Waals surface area (Å²) in [4.78, 5) is 0. The number of rotatable bonds is 19. The second kappa shape index (κ2) is 17.0. The van der Waals surface area contributed by atoms with Gasteiger partial charge in [-0.25, -0.2) is 0 Å². The van der Waals surface area contributed by atoms with Crippen molar-refractivity contribution in [2.24, 2.45) is 0 Å². The highest BCUT2D eigenvalue weighted by atomic mass is 16.6. The van der Waals surface area contributed by atoms with Crippen LogP contribution >= 0.6 is 0 Å². The maximum Gasteiger partial charge on any atom is 0.119 e. The van der Waals surface area contributed by atoms with Gasteiger partial charge in [0.2, 0.25) is 0 Å². The van der Waals surface area contributed by atoms with E-state index in [-0.39, 0.29) is 0 Å². The second-order valence-electron chi connectivity index (χ2n) is 6.69. The lowest BCUT2D eigenvalue weighted by atomic mass is 10.2. The molecule has 0 spiro atoms. The zero-order chi connectivity index (χ0) is 22.7. The van der Waals surface area contributed by atoms with Crippen LogP contribution in [0.15, 0.2) is 61.7 Å². The Morgan fingerprint density at radius 2 is 0.719 bits per heavy atom. The average Bonchev–Trinajstić information content (AvgIpc) is 2.84. The first-order valence-electron chi connectivity index (χ1n) is 10.8. The van der Waals surface area contributed by atoms with Gasteiger partial charge in [-0.05, 0) is 35.4 Å². The topological polar surface area (TPSA) is 55.4 Å². The lowest BCUT2D eigenvalue weighted by Crippen LogP contribution is -2.14. The highest BCUT2D eigenvalue weighted by molar-refractivity contribution is 5.48. The third-order valence-electron chi connectivity index (χ3n) is 4.34. The van der Waals surface area contributed by atoms with Gasteiger partial charge in [-0.15, -0.1) is 0 Å². The molecule has 0 N–H and O–H groups in total. The summed E-state index contributed by atoms with van der Waals surface area (Å²) in [6, 6.07) is 15.5. The Morgan fingerprint density at radius 1 is 0.438 bits per heavy atom. The molecular weight excluding hydrogens is 408 g/mol. The van der Waals surface area contributed by atoms with Gasteiger partial charge in [0.15, 0.2) is 0 Å². The summed E-state index contributed by atoms with van der Waals surface area (Å²) >= 11 is 0. The van der Waals surface area contributed by atoms with Crippen molar-refractivity contribution in [1.82, 2.24) is 0 Å². The summed E-state index contributed by atoms with van der Waals surface area (Å²) in [5.41, 5.74) is 2.14. The van der Waals surface area contributed by atoms with Gasteiger partial charge in [0.05, 0.1) is 52.9 Å². The number of ether oxygens (including phenoxy) is 6. The number of hydrogen-bond acceptors (Lipinski definition) is 6. The Hall–Kier alpha value is -2.64. The third-order valence-corrected chi connectivity index (χ3v) is 4.34. The van der Waals surface area contributed by atoms with E-state index in [0.29, 0.717) is 66.1 Å². The van der Waals surface area contributed by atoms with Crippen LogP contribution in [0.25, 0.3) is 12.2 Å². The summed E-state index contributed by atoms with van der Waals surface area (Å²) in [5, 5.41) is 0. The molecule has 6 nitrogen and oxygen atoms in total. The van der Waals surface area contributed by atoms with Crippen LogP contribution < -0.4 is 9.47 Å². The Balaban J connectivity index is 1.29. The number of benzene rings is 2. The molecule has 0 amide bonds. The van der Waals surface area contributed by atoms with Gasteiger partial charge in [0, 0.05) is 0 Å². The molecule has 32 heavy (non-hydrogen) atoms. The molecule has 0 heterocycles. The fourth-order valence-electron chi connectivity index (χ4n) is 2.60. The van der Waals surface area contributed by atoms with Gasteiger partial charge in [-0.3, -0.25) is 0 Å². The zero-order valence-electron chi connectivity index (χ0n) is 18.7. The molecule has 0 saturated heterocycles. The Morgan fingerprint density at radius 3 is 1.00 bits per heavy atom. The summed E-state index contributed by atoms with van der Waals surface area (Å²) < 4.78 is 33.1. The Bertz CT molecular complexity index is 676. The van der Waals surface area contributed by atoms with Crippen LogP contribution in [-0.2, 0) is 18.9 Å². The molecule has 2 rings (SSSR count). The molecule has 0 radical (unpaired) electrons. The van der Waals surface area contributed by atoms with Crippen molar-refractivity contribution in [2.45, 2.75) is 0 Å². The van der Waals surface area contributed by atoms with E-state index in [0.717, 1.165) is 22.6 Å². The van der Waals surface area contributed by atoms with Crippen LogP contribution in [0.2, 0.25) is 0 Å². The van der Waals surface area contributed by atoms with E-state index < -0.39 is 0 Å². The minimum Gasteiger partial charge on any atom is -0.491 e. The molecular formula is C26H34O6. The highest BCUT2D eigenvalue weighted by Gasteiger charge is 1.97. The Labute approximate surface area is 191 Å². The van der Waals surface area contributed by atoms with E-state index in [1.807, 2.05) is 48.5 Å². The molecule has 0 aliphatic rings. The van der Waals surface area contributed by atoms with E-state index in [4.69, 9.17) is 28.4 Å². The van der Waals surface area contributed by atoms with Crippen molar-refractivity contribution in [3.05, 3.63) is 72.8 Å². The molecule has 0 saturated carbocycles. The minimum atomic E-state index is 0.503. The highest BCUT2D eigenvalue weighted by Crippen LogP contribution is 2.13. The standard InChI is InChI=1S/C26H34O6/c1-3-23-5-9-25(10-6-23)31-21-19-29-17-15-27-13-14-28-16-18-30-20-22-32-26-11-7-24(4-2)8-12-26/h3-12H,1-2,13-22H2. The SMILES string of the molecule is C=Cc1ccc(OCCOCCOCCOCCOCCOc2ccc(C=C)cc2)cc1. The van der Waals surface area contributed by atoms with Crippen LogP contribution in [0.4, 0.5) is 0 Å². The Kier molecular flexibility index (Phi) is 13.6. The van der Waals surface area contributed by atoms with Crippen molar-refractivity contribution in [3.8, 4) is 11.5 Å². The monoisotopic (exact) mass is 442 g/mol. The summed E-state index contributed by atoms with van der Waals surface area (Å²) in [6.45, 7) is 12.7. The molecule has 0 aliphatic carbocycles. The minimum absolute atomic E-state index is 0.503. The molecule has 0 fully saturated rings. The van der Waals surface area contributed by atoms with Gasteiger partial charge in [0.1, 0.15) is 24.7 Å². The molecule has 6 heteroatoms. The third kappa shape index (κ3) is 11.7. The second-order valence-corrected chi connectivity index (χ2v) is 6.69. The van der Waals surface area contributed by atoms with Crippen LogP contribution in [0.5, 0.6) is 11.5 Å². The van der Waals surface area contributed by atoms with Gasteiger partial charge in [-0.1, -0.05) is 49.6 Å². The maximum atomic E-state index is 5.60. The van der Waals surface area contributed by atoms with Gasteiger partial charge in [0.25, 0.3) is 0 Å². The molecule has 0 aromatic heterocycles. The molecule has 0 aliphatic heterocycles. The van der Waals surface area contributed by atoms with Crippen LogP contribution in [-0.4, -0.2) is 66.1 Å². The lowest BCUT2D eigenvalue weighted by molar-refractivity contribution is -0.00699. The van der Waals surface area contributed by atoms with Crippen molar-refractivity contribution < 1.29 is 28.4 Å². The fourth-order valence-corrected chi connectivity index (χ4v) is 2.60. The van der Waals surface area contributed by atoms with E-state index >= 15 is 0 Å². The van der Waals surface area contributed by atoms with E-state index in [2.05, 4.69) is 13.2 Å². The van der Waals surface area contributed by atoms with Gasteiger partial charge >= 0.3 is 0 Å². The van der Waals surface area contributed by atoms with Gasteiger partial charge in [-0.2, -0.15) is 0 Å². The molecule has 2 aromatic rings. The van der Waals surface area contributed by atoms with Crippen molar-refractivity contribution in [1.29, 1.82) is 0 Å². The van der Waals surface area contributed by atoms with Gasteiger partial charge < -0.3 is 28.4 Å². The number of hydrogen-bond donors (Lipinski definition) is 0. The van der Waals surface area contributed by atoms with Crippen LogP contribution in [0.1, 0.15) is 11.1 Å². The lowest BCUT2D eigenvalue weighted by Gasteiger charge is -2.09. The smallest absolute Gasteiger partial charge is 0.119 e. The van der Waals surface area contributed by atoms with E-state index in [9.17, 15) is 0 Å². The quantitative estimate of drug-likeness (QED) is 0.299. The maximum absolute atomic E-state index is 5.60. The van der Waals surface area contributed by atoms with E-state index in [1.54, 1.807) is 12.2 Å². The molecule has 0 unspecified atom stereocenters. The van der Waals surface area contributed by atoms with Crippen LogP contribution in [0, 0.1) is 0 Å². The normalized spacial score (nSPS) is 10.6. The fraction of sp³-hybridized carbons (Fsp3) is 0.385. The molecule has 0 bridgehead atoms. The summed E-state index contributed by atoms with van der Waals surface area (Å²) in [7, 11) is 0. The first-order chi connectivity index (χ1) is 15.8. The first kappa shape index (κ1) is 25.6. The van der Waals surface area contributed by atoms with Crippen molar-refractivity contribution in [3.63, 3.8) is 0 Å². The molecule has 174 valence electrons. The van der Waals surface area contributed by atoms with Crippen LogP contribution in [0.3, 0.4) is 0 Å².